The zero-order valence-electron chi connectivity index (χ0n) is 15.7. The molecular formula is C20H31N3O2. The summed E-state index contributed by atoms with van der Waals surface area (Å²) in [6.07, 6.45) is 1.56. The summed E-state index contributed by atoms with van der Waals surface area (Å²) in [5.74, 6) is 0.983. The molecule has 1 aromatic carbocycles. The number of benzene rings is 1. The molecular weight excluding hydrogens is 314 g/mol. The molecule has 5 nitrogen and oxygen atoms in total. The first-order valence-corrected chi connectivity index (χ1v) is 9.28. The fraction of sp³-hybridized carbons (Fsp3) is 0.650. The van der Waals surface area contributed by atoms with Crippen molar-refractivity contribution in [2.75, 3.05) is 59.1 Å². The van der Waals surface area contributed by atoms with Crippen molar-refractivity contribution in [2.24, 2.45) is 0 Å². The van der Waals surface area contributed by atoms with E-state index in [-0.39, 0.29) is 0 Å². The quantitative estimate of drug-likeness (QED) is 0.610. The maximum Gasteiger partial charge on any atom is 0.122 e. The summed E-state index contributed by atoms with van der Waals surface area (Å²) < 4.78 is 11.3. The van der Waals surface area contributed by atoms with Crippen molar-refractivity contribution < 1.29 is 9.47 Å². The molecule has 1 aromatic rings. The van der Waals surface area contributed by atoms with E-state index in [0.717, 1.165) is 64.7 Å². The number of hydrogen-bond donors (Lipinski definition) is 0. The van der Waals surface area contributed by atoms with Crippen LogP contribution in [-0.4, -0.2) is 68.9 Å². The summed E-state index contributed by atoms with van der Waals surface area (Å²) in [5, 5.41) is 8.88. The predicted molar refractivity (Wildman–Crippen MR) is 100.0 cm³/mol. The van der Waals surface area contributed by atoms with Crippen molar-refractivity contribution in [3.8, 4) is 11.8 Å². The topological polar surface area (TPSA) is 48.7 Å². The Labute approximate surface area is 152 Å². The molecule has 0 N–H and O–H groups in total. The predicted octanol–water partition coefficient (Wildman–Crippen LogP) is 2.62. The highest BCUT2D eigenvalue weighted by atomic mass is 16.5. The molecule has 138 valence electrons. The van der Waals surface area contributed by atoms with Gasteiger partial charge in [-0.1, -0.05) is 12.1 Å². The van der Waals surface area contributed by atoms with Gasteiger partial charge in [-0.05, 0) is 37.5 Å². The van der Waals surface area contributed by atoms with Gasteiger partial charge in [0.15, 0.2) is 0 Å². The number of nitrogens with zero attached hydrogens (tertiary/aromatic N) is 3. The average molecular weight is 345 g/mol. The van der Waals surface area contributed by atoms with Crippen LogP contribution in [0.5, 0.6) is 5.75 Å². The number of aryl methyl sites for hydroxylation is 2. The molecule has 2 rings (SSSR count). The Morgan fingerprint density at radius 3 is 2.76 bits per heavy atom. The highest BCUT2D eigenvalue weighted by molar-refractivity contribution is 5.35. The van der Waals surface area contributed by atoms with Gasteiger partial charge < -0.3 is 14.4 Å². The van der Waals surface area contributed by atoms with Crippen LogP contribution in [0.1, 0.15) is 24.0 Å². The third-order valence-electron chi connectivity index (χ3n) is 4.60. The zero-order chi connectivity index (χ0) is 17.9. The number of ether oxygens (including phenoxy) is 2. The summed E-state index contributed by atoms with van der Waals surface area (Å²) in [5.41, 5.74) is 2.40. The number of nitriles is 1. The van der Waals surface area contributed by atoms with Crippen molar-refractivity contribution in [3.63, 3.8) is 0 Å². The minimum absolute atomic E-state index is 0.584. The fourth-order valence-corrected chi connectivity index (χ4v) is 2.98. The lowest BCUT2D eigenvalue weighted by atomic mass is 10.1. The molecule has 1 aliphatic heterocycles. The molecule has 0 atom stereocenters. The molecule has 1 fully saturated rings. The molecule has 1 saturated heterocycles. The van der Waals surface area contributed by atoms with Crippen LogP contribution in [0.2, 0.25) is 0 Å². The molecule has 25 heavy (non-hydrogen) atoms. The van der Waals surface area contributed by atoms with Gasteiger partial charge in [0, 0.05) is 45.7 Å². The fourth-order valence-electron chi connectivity index (χ4n) is 2.98. The van der Waals surface area contributed by atoms with Crippen LogP contribution in [-0.2, 0) is 4.74 Å². The van der Waals surface area contributed by atoms with Crippen LogP contribution < -0.4 is 4.74 Å². The van der Waals surface area contributed by atoms with Crippen molar-refractivity contribution in [2.45, 2.75) is 26.7 Å². The van der Waals surface area contributed by atoms with Gasteiger partial charge >= 0.3 is 0 Å². The summed E-state index contributed by atoms with van der Waals surface area (Å²) in [4.78, 5) is 4.82. The summed E-state index contributed by atoms with van der Waals surface area (Å²) in [6, 6.07) is 8.57. The van der Waals surface area contributed by atoms with E-state index in [9.17, 15) is 0 Å². The van der Waals surface area contributed by atoms with Crippen molar-refractivity contribution in [1.82, 2.24) is 9.80 Å². The van der Waals surface area contributed by atoms with Crippen LogP contribution in [0.25, 0.3) is 0 Å². The smallest absolute Gasteiger partial charge is 0.122 e. The second kappa shape index (κ2) is 11.1. The van der Waals surface area contributed by atoms with Gasteiger partial charge in [-0.25, -0.2) is 0 Å². The van der Waals surface area contributed by atoms with Crippen molar-refractivity contribution in [3.05, 3.63) is 29.3 Å². The Kier molecular flexibility index (Phi) is 8.75. The molecule has 0 unspecified atom stereocenters. The van der Waals surface area contributed by atoms with E-state index in [1.54, 1.807) is 0 Å². The summed E-state index contributed by atoms with van der Waals surface area (Å²) >= 11 is 0. The van der Waals surface area contributed by atoms with E-state index < -0.39 is 0 Å². The van der Waals surface area contributed by atoms with Crippen LogP contribution in [0.3, 0.4) is 0 Å². The minimum Gasteiger partial charge on any atom is -0.493 e. The zero-order valence-corrected chi connectivity index (χ0v) is 15.7. The molecule has 1 heterocycles. The van der Waals surface area contributed by atoms with Gasteiger partial charge in [-0.2, -0.15) is 5.26 Å². The Morgan fingerprint density at radius 2 is 2.00 bits per heavy atom. The third kappa shape index (κ3) is 7.43. The maximum absolute atomic E-state index is 8.88. The van der Waals surface area contributed by atoms with Crippen LogP contribution in [0.15, 0.2) is 18.2 Å². The Bertz CT molecular complexity index is 550. The van der Waals surface area contributed by atoms with E-state index in [2.05, 4.69) is 47.9 Å². The third-order valence-corrected chi connectivity index (χ3v) is 4.60. The summed E-state index contributed by atoms with van der Waals surface area (Å²) in [7, 11) is 0. The number of rotatable bonds is 10. The Morgan fingerprint density at radius 1 is 1.20 bits per heavy atom. The van der Waals surface area contributed by atoms with Crippen molar-refractivity contribution >= 4 is 0 Å². The van der Waals surface area contributed by atoms with Gasteiger partial charge in [0.05, 0.1) is 25.9 Å². The first-order valence-electron chi connectivity index (χ1n) is 9.28. The lowest BCUT2D eigenvalue weighted by molar-refractivity contribution is 0.0332. The minimum atomic E-state index is 0.584. The molecule has 0 saturated carbocycles. The van der Waals surface area contributed by atoms with Gasteiger partial charge in [0.25, 0.3) is 0 Å². The van der Waals surface area contributed by atoms with E-state index in [1.165, 1.54) is 11.1 Å². The molecule has 1 aliphatic rings. The van der Waals surface area contributed by atoms with E-state index in [4.69, 9.17) is 14.7 Å². The van der Waals surface area contributed by atoms with E-state index in [0.29, 0.717) is 13.0 Å². The molecule has 0 bridgehead atoms. The van der Waals surface area contributed by atoms with Crippen LogP contribution >= 0.6 is 0 Å². The maximum atomic E-state index is 8.88. The van der Waals surface area contributed by atoms with Crippen molar-refractivity contribution in [1.29, 1.82) is 5.26 Å². The molecule has 0 aromatic heterocycles. The second-order valence-corrected chi connectivity index (χ2v) is 6.67. The molecule has 0 aliphatic carbocycles. The molecule has 0 radical (unpaired) electrons. The molecule has 5 heteroatoms. The van der Waals surface area contributed by atoms with Gasteiger partial charge in [0.2, 0.25) is 0 Å². The SMILES string of the molecule is Cc1ccc(C)c(OCCCN(CCC#N)CCN2CCOCC2)c1. The standard InChI is InChI=1S/C20H31N3O2/c1-18-5-6-19(2)20(17-18)25-14-4-9-22(8-3-7-21)10-11-23-12-15-24-16-13-23/h5-6,17H,3-4,8-16H2,1-2H3. The normalized spacial score (nSPS) is 15.3. The van der Waals surface area contributed by atoms with Crippen LogP contribution in [0, 0.1) is 25.2 Å². The lowest BCUT2D eigenvalue weighted by Gasteiger charge is -2.29. The van der Waals surface area contributed by atoms with E-state index in [1.807, 2.05) is 0 Å². The average Bonchev–Trinajstić information content (AvgIpc) is 2.63. The molecule has 0 amide bonds. The first-order chi connectivity index (χ1) is 12.2. The Hall–Kier alpha value is -1.61. The van der Waals surface area contributed by atoms with Gasteiger partial charge in [0.1, 0.15) is 5.75 Å². The monoisotopic (exact) mass is 345 g/mol. The van der Waals surface area contributed by atoms with E-state index >= 15 is 0 Å². The van der Waals surface area contributed by atoms with Crippen LogP contribution in [0.4, 0.5) is 0 Å². The highest BCUT2D eigenvalue weighted by Crippen LogP contribution is 2.19. The highest BCUT2D eigenvalue weighted by Gasteiger charge is 2.12. The van der Waals surface area contributed by atoms with Gasteiger partial charge in [-0.3, -0.25) is 4.90 Å². The summed E-state index contributed by atoms with van der Waals surface area (Å²) in [6.45, 7) is 12.4. The number of morpholine rings is 1. The largest absolute Gasteiger partial charge is 0.493 e. The number of hydrogen-bond acceptors (Lipinski definition) is 5. The Balaban J connectivity index is 1.71. The lowest BCUT2D eigenvalue weighted by Crippen LogP contribution is -2.42. The first kappa shape index (κ1) is 19.7. The second-order valence-electron chi connectivity index (χ2n) is 6.67. The van der Waals surface area contributed by atoms with Gasteiger partial charge in [-0.15, -0.1) is 0 Å². The molecule has 0 spiro atoms.